The lowest BCUT2D eigenvalue weighted by atomic mass is 10.0. The van der Waals surface area contributed by atoms with Crippen molar-refractivity contribution in [3.63, 3.8) is 0 Å². The number of hydrogen-bond donors (Lipinski definition) is 4. The Morgan fingerprint density at radius 2 is 1.90 bits per heavy atom. The van der Waals surface area contributed by atoms with Crippen LogP contribution in [0.25, 0.3) is 11.1 Å². The van der Waals surface area contributed by atoms with E-state index < -0.39 is 36.6 Å². The summed E-state index contributed by atoms with van der Waals surface area (Å²) in [5.41, 5.74) is 2.49. The number of benzene rings is 2. The smallest absolute Gasteiger partial charge is 0.482 e. The Kier molecular flexibility index (Phi) is 10.1. The van der Waals surface area contributed by atoms with E-state index in [1.54, 1.807) is 48.3 Å². The van der Waals surface area contributed by atoms with Gasteiger partial charge in [0.25, 0.3) is 0 Å². The monoisotopic (exact) mass is 583 g/mol. The highest BCUT2D eigenvalue weighted by atomic mass is 19.4. The number of aliphatic hydroxyl groups excluding tert-OH is 1. The van der Waals surface area contributed by atoms with E-state index >= 15 is 0 Å². The molecular weight excluding hydrogens is 555 g/mol. The van der Waals surface area contributed by atoms with Gasteiger partial charge in [0.1, 0.15) is 5.75 Å². The fourth-order valence-corrected chi connectivity index (χ4v) is 4.21. The molecule has 1 aromatic heterocycles. The van der Waals surface area contributed by atoms with Gasteiger partial charge in [0, 0.05) is 26.7 Å². The summed E-state index contributed by atoms with van der Waals surface area (Å²) in [7, 11) is 1.72. The molecule has 222 valence electrons. The molecule has 2 aromatic carbocycles. The molecule has 1 saturated heterocycles. The topological polar surface area (TPSA) is 174 Å². The summed E-state index contributed by atoms with van der Waals surface area (Å²) in [6, 6.07) is 11.8. The second-order valence-corrected chi connectivity index (χ2v) is 9.30. The number of oxazole rings is 1. The van der Waals surface area contributed by atoms with Gasteiger partial charge in [-0.1, -0.05) is 18.2 Å². The van der Waals surface area contributed by atoms with E-state index in [9.17, 15) is 32.7 Å². The van der Waals surface area contributed by atoms with Crippen molar-refractivity contribution < 1.29 is 52.0 Å². The Balaban J connectivity index is 0.000000587. The van der Waals surface area contributed by atoms with Crippen molar-refractivity contribution in [1.29, 1.82) is 0 Å². The number of aromatic amines is 1. The number of H-pyrrole nitrogens is 1. The number of hydrogen-bond acceptors (Lipinski definition) is 8. The average Bonchev–Trinajstić information content (AvgIpc) is 3.48. The number of aliphatic carboxylic acids is 2. The van der Waals surface area contributed by atoms with Crippen LogP contribution in [-0.2, 0) is 20.8 Å². The fraction of sp³-hybridized carbons (Fsp3) is 0.385. The van der Waals surface area contributed by atoms with Crippen molar-refractivity contribution in [2.24, 2.45) is 0 Å². The number of rotatable bonds is 9. The molecule has 41 heavy (non-hydrogen) atoms. The van der Waals surface area contributed by atoms with Crippen molar-refractivity contribution in [1.82, 2.24) is 14.8 Å². The molecule has 0 aliphatic carbocycles. The van der Waals surface area contributed by atoms with Crippen LogP contribution in [0, 0.1) is 0 Å². The number of nitrogens with zero attached hydrogens (tertiary/aromatic N) is 2. The third kappa shape index (κ3) is 9.08. The minimum atomic E-state index is -5.08. The third-order valence-electron chi connectivity index (χ3n) is 6.23. The Hall–Kier alpha value is -4.37. The molecule has 2 unspecified atom stereocenters. The number of alkyl halides is 3. The highest BCUT2D eigenvalue weighted by Gasteiger charge is 2.38. The van der Waals surface area contributed by atoms with Crippen LogP contribution in [0.15, 0.2) is 51.7 Å². The summed E-state index contributed by atoms with van der Waals surface area (Å²) in [6.07, 6.45) is -4.68. The van der Waals surface area contributed by atoms with E-state index in [2.05, 4.69) is 9.88 Å². The van der Waals surface area contributed by atoms with Gasteiger partial charge in [-0.2, -0.15) is 13.2 Å². The zero-order chi connectivity index (χ0) is 30.3. The number of ether oxygens (including phenoxy) is 1. The first-order valence-corrected chi connectivity index (χ1v) is 12.3. The molecule has 12 nitrogen and oxygen atoms in total. The van der Waals surface area contributed by atoms with E-state index in [4.69, 9.17) is 24.2 Å². The quantitative estimate of drug-likeness (QED) is 0.292. The maximum absolute atomic E-state index is 13.3. The third-order valence-corrected chi connectivity index (χ3v) is 6.23. The number of amides is 1. The Labute approximate surface area is 230 Å². The van der Waals surface area contributed by atoms with Crippen LogP contribution in [0.5, 0.6) is 5.75 Å². The van der Waals surface area contributed by atoms with E-state index in [-0.39, 0.29) is 18.4 Å². The number of nitrogens with one attached hydrogen (secondary N) is 1. The van der Waals surface area contributed by atoms with Crippen molar-refractivity contribution in [3.05, 3.63) is 64.1 Å². The van der Waals surface area contributed by atoms with Gasteiger partial charge in [-0.3, -0.25) is 14.7 Å². The second-order valence-electron chi connectivity index (χ2n) is 9.30. The van der Waals surface area contributed by atoms with Crippen molar-refractivity contribution >= 4 is 28.9 Å². The predicted octanol–water partition coefficient (Wildman–Crippen LogP) is 2.03. The highest BCUT2D eigenvalue weighted by Crippen LogP contribution is 2.27. The molecule has 4 N–H and O–H groups in total. The van der Waals surface area contributed by atoms with E-state index in [1.165, 1.54) is 0 Å². The number of fused-ring (bicyclic) bond motifs is 1. The van der Waals surface area contributed by atoms with Crippen molar-refractivity contribution in [2.45, 2.75) is 31.2 Å². The van der Waals surface area contributed by atoms with Crippen LogP contribution < -0.4 is 10.5 Å². The zero-order valence-corrected chi connectivity index (χ0v) is 21.8. The SMILES string of the molecule is CN(C(=O)Cc1ccc2oc(=O)[nH]c2c1)C(CN1CCC(O)C1)c1cccc(OCC(=O)O)c1.O=C(O)C(F)(F)F. The minimum absolute atomic E-state index is 0.119. The zero-order valence-electron chi connectivity index (χ0n) is 21.8. The van der Waals surface area contributed by atoms with Crippen LogP contribution in [0.1, 0.15) is 23.6 Å². The number of carbonyl (C=O) groups excluding carboxylic acids is 1. The number of likely N-dealkylation sites (N-methyl/N-ethyl adjacent to an activating group) is 1. The standard InChI is InChI=1S/C24H27N3O7.C2HF3O2/c1-26(22(29)10-15-5-6-21-19(9-15)25-24(32)34-21)20(13-27-8-7-17(28)12-27)16-3-2-4-18(11-16)33-14-23(30)31;3-2(4,5)1(6)7/h2-6,9,11,17,20,28H,7-8,10,12-14H2,1H3,(H,25,32)(H,30,31);(H,6,7). The summed E-state index contributed by atoms with van der Waals surface area (Å²) in [5, 5.41) is 26.0. The maximum atomic E-state index is 13.3. The van der Waals surface area contributed by atoms with Gasteiger partial charge in [0.05, 0.1) is 24.1 Å². The average molecular weight is 584 g/mol. The predicted molar refractivity (Wildman–Crippen MR) is 136 cm³/mol. The first kappa shape index (κ1) is 31.2. The Morgan fingerprint density at radius 1 is 1.20 bits per heavy atom. The van der Waals surface area contributed by atoms with Gasteiger partial charge in [-0.25, -0.2) is 14.4 Å². The summed E-state index contributed by atoms with van der Waals surface area (Å²) >= 11 is 0. The second kappa shape index (κ2) is 13.3. The molecule has 1 fully saturated rings. The molecule has 0 radical (unpaired) electrons. The molecule has 15 heteroatoms. The van der Waals surface area contributed by atoms with Gasteiger partial charge < -0.3 is 29.4 Å². The molecule has 0 spiro atoms. The number of β-amino-alcohol motifs (C(OH)–C–C–N with tert-alkyl or cyclic N) is 1. The van der Waals surface area contributed by atoms with E-state index in [0.29, 0.717) is 36.4 Å². The van der Waals surface area contributed by atoms with Gasteiger partial charge >= 0.3 is 23.9 Å². The van der Waals surface area contributed by atoms with E-state index in [0.717, 1.165) is 17.7 Å². The Morgan fingerprint density at radius 3 is 2.51 bits per heavy atom. The van der Waals surface area contributed by atoms with Gasteiger partial charge in [-0.15, -0.1) is 0 Å². The summed E-state index contributed by atoms with van der Waals surface area (Å²) in [5.74, 6) is -4.11. The number of aliphatic hydroxyl groups is 1. The first-order chi connectivity index (χ1) is 19.2. The summed E-state index contributed by atoms with van der Waals surface area (Å²) < 4.78 is 42.1. The lowest BCUT2D eigenvalue weighted by Crippen LogP contribution is -2.39. The number of likely N-dealkylation sites (tertiary alicyclic amines) is 1. The molecule has 0 saturated carbocycles. The fourth-order valence-electron chi connectivity index (χ4n) is 4.21. The van der Waals surface area contributed by atoms with Crippen LogP contribution in [0.3, 0.4) is 0 Å². The largest absolute Gasteiger partial charge is 0.490 e. The molecule has 1 amide bonds. The first-order valence-electron chi connectivity index (χ1n) is 12.3. The highest BCUT2D eigenvalue weighted by molar-refractivity contribution is 5.81. The molecule has 2 atom stereocenters. The Bertz CT molecular complexity index is 1440. The number of carbonyl (C=O) groups is 3. The van der Waals surface area contributed by atoms with Gasteiger partial charge in [-0.05, 0) is 41.8 Å². The lowest BCUT2D eigenvalue weighted by Gasteiger charge is -2.32. The van der Waals surface area contributed by atoms with Gasteiger partial charge in [0.15, 0.2) is 12.2 Å². The number of halogens is 3. The van der Waals surface area contributed by atoms with Crippen LogP contribution in [0.2, 0.25) is 0 Å². The number of carboxylic acid groups (broad SMARTS) is 2. The van der Waals surface area contributed by atoms with Crippen LogP contribution in [-0.4, -0.2) is 93.5 Å². The van der Waals surface area contributed by atoms with Crippen molar-refractivity contribution in [2.75, 3.05) is 33.3 Å². The molecule has 0 bridgehead atoms. The van der Waals surface area contributed by atoms with Gasteiger partial charge in [0.2, 0.25) is 5.91 Å². The van der Waals surface area contributed by atoms with Crippen LogP contribution >= 0.6 is 0 Å². The number of carboxylic acids is 2. The molecule has 4 rings (SSSR count). The normalized spacial score (nSPS) is 16.1. The molecule has 1 aliphatic heterocycles. The summed E-state index contributed by atoms with van der Waals surface area (Å²) in [4.78, 5) is 50.8. The minimum Gasteiger partial charge on any atom is -0.482 e. The van der Waals surface area contributed by atoms with Crippen LogP contribution in [0.4, 0.5) is 13.2 Å². The summed E-state index contributed by atoms with van der Waals surface area (Å²) in [6.45, 7) is 1.30. The molecule has 3 aromatic rings. The molecule has 1 aliphatic rings. The van der Waals surface area contributed by atoms with E-state index in [1.807, 2.05) is 6.07 Å². The van der Waals surface area contributed by atoms with Crippen molar-refractivity contribution in [3.8, 4) is 5.75 Å². The molecule has 2 heterocycles. The molecular formula is C26H28F3N3O9. The maximum Gasteiger partial charge on any atom is 0.490 e. The lowest BCUT2D eigenvalue weighted by molar-refractivity contribution is -0.192. The number of aromatic nitrogens is 1.